The van der Waals surface area contributed by atoms with Gasteiger partial charge in [-0.05, 0) is 49.1 Å². The molecule has 2 aromatic heterocycles. The van der Waals surface area contributed by atoms with Crippen LogP contribution in [-0.2, 0) is 13.0 Å². The molecule has 0 bridgehead atoms. The van der Waals surface area contributed by atoms with Crippen LogP contribution in [0.25, 0.3) is 5.65 Å². The molecule has 1 fully saturated rings. The summed E-state index contributed by atoms with van der Waals surface area (Å²) in [5.41, 5.74) is -1.35. The quantitative estimate of drug-likeness (QED) is 0.352. The maximum absolute atomic E-state index is 13.8. The molecule has 1 aliphatic heterocycles. The van der Waals surface area contributed by atoms with Crippen molar-refractivity contribution >= 4 is 35.0 Å². The largest absolute Gasteiger partial charge is 0.461 e. The second kappa shape index (κ2) is 9.64. The molecule has 1 amide bonds. The predicted octanol–water partition coefficient (Wildman–Crippen LogP) is 4.98. The number of amides is 1. The third kappa shape index (κ3) is 5.28. The number of hydrogen-bond acceptors (Lipinski definition) is 6. The van der Waals surface area contributed by atoms with E-state index in [0.717, 1.165) is 24.1 Å². The normalized spacial score (nSPS) is 16.4. The van der Waals surface area contributed by atoms with Gasteiger partial charge in [-0.3, -0.25) is 18.5 Å². The summed E-state index contributed by atoms with van der Waals surface area (Å²) in [7, 11) is 0. The Morgan fingerprint density at radius 3 is 2.56 bits per heavy atom. The van der Waals surface area contributed by atoms with Crippen LogP contribution in [0.4, 0.5) is 23.2 Å². The van der Waals surface area contributed by atoms with E-state index >= 15 is 0 Å². The molecule has 1 aromatic carbocycles. The average molecular weight is 521 g/mol. The van der Waals surface area contributed by atoms with Gasteiger partial charge in [0.2, 0.25) is 0 Å². The van der Waals surface area contributed by atoms with E-state index < -0.39 is 11.3 Å². The molecule has 7 nitrogen and oxygen atoms in total. The first kappa shape index (κ1) is 24.4. The number of carbonyl (C=O) groups is 1. The lowest BCUT2D eigenvalue weighted by Gasteiger charge is -2.34. The maximum atomic E-state index is 13.8. The number of nitrogens with zero attached hydrogens (tertiary/aromatic N) is 5. The highest BCUT2D eigenvalue weighted by molar-refractivity contribution is 7.98. The Kier molecular flexibility index (Phi) is 6.54. The molecule has 0 radical (unpaired) electrons. The molecule has 3 aromatic rings. The number of imidazole rings is 1. The zero-order valence-electron chi connectivity index (χ0n) is 19.4. The number of halogens is 4. The van der Waals surface area contributed by atoms with Gasteiger partial charge >= 0.3 is 5.51 Å². The summed E-state index contributed by atoms with van der Waals surface area (Å²) in [6.07, 6.45) is 3.46. The molecular formula is C24H24F4N6OS. The van der Waals surface area contributed by atoms with Crippen molar-refractivity contribution in [2.24, 2.45) is 11.0 Å². The second-order valence-corrected chi connectivity index (χ2v) is 9.77. The minimum atomic E-state index is -4.35. The first-order chi connectivity index (χ1) is 17.2. The standard InChI is InChI=1S/C24H24F4N6OS/c1-2-19-21(32-14-17(25)7-10-20(32)30-19)23(35)29-13-15-3-8-18(9-4-15)33-11-12-34(36-24(26,27)28)22(31-33)16-5-6-16/h3-4,7-10,14,16H,2,5-6,11-13H2,1H3,(H,29,35). The number of pyridine rings is 1. The summed E-state index contributed by atoms with van der Waals surface area (Å²) in [6, 6.07) is 10.2. The first-order valence-electron chi connectivity index (χ1n) is 11.6. The Balaban J connectivity index is 1.27. The van der Waals surface area contributed by atoms with Crippen molar-refractivity contribution < 1.29 is 22.4 Å². The molecule has 12 heteroatoms. The van der Waals surface area contributed by atoms with Gasteiger partial charge in [0.1, 0.15) is 23.0 Å². The van der Waals surface area contributed by atoms with E-state index in [1.54, 1.807) is 5.01 Å². The number of alkyl halides is 3. The van der Waals surface area contributed by atoms with Gasteiger partial charge in [-0.25, -0.2) is 9.37 Å². The second-order valence-electron chi connectivity index (χ2n) is 8.68. The summed E-state index contributed by atoms with van der Waals surface area (Å²) < 4.78 is 55.2. The lowest BCUT2D eigenvalue weighted by atomic mass is 10.2. The Hall–Kier alpha value is -3.28. The van der Waals surface area contributed by atoms with Crippen LogP contribution in [0.5, 0.6) is 0 Å². The van der Waals surface area contributed by atoms with E-state index in [1.807, 2.05) is 31.2 Å². The van der Waals surface area contributed by atoms with Crippen LogP contribution in [0.1, 0.15) is 41.5 Å². The molecule has 0 saturated heterocycles. The van der Waals surface area contributed by atoms with Gasteiger partial charge in [-0.2, -0.15) is 18.3 Å². The van der Waals surface area contributed by atoms with Crippen LogP contribution in [0.3, 0.4) is 0 Å². The highest BCUT2D eigenvalue weighted by atomic mass is 32.2. The number of benzene rings is 1. The van der Waals surface area contributed by atoms with E-state index in [2.05, 4.69) is 15.4 Å². The molecule has 0 spiro atoms. The van der Waals surface area contributed by atoms with Crippen molar-refractivity contribution in [1.29, 1.82) is 0 Å². The molecule has 190 valence electrons. The lowest BCUT2D eigenvalue weighted by molar-refractivity contribution is -0.0352. The van der Waals surface area contributed by atoms with Crippen molar-refractivity contribution in [3.63, 3.8) is 0 Å². The number of fused-ring (bicyclic) bond motifs is 1. The van der Waals surface area contributed by atoms with Crippen LogP contribution in [0, 0.1) is 11.7 Å². The number of rotatable bonds is 7. The Morgan fingerprint density at radius 1 is 1.14 bits per heavy atom. The molecule has 0 atom stereocenters. The fourth-order valence-corrected chi connectivity index (χ4v) is 4.86. The zero-order chi connectivity index (χ0) is 25.4. The van der Waals surface area contributed by atoms with Gasteiger partial charge in [0.05, 0.1) is 36.4 Å². The zero-order valence-corrected chi connectivity index (χ0v) is 20.2. The minimum Gasteiger partial charge on any atom is -0.347 e. The fourth-order valence-electron chi connectivity index (χ4n) is 4.16. The summed E-state index contributed by atoms with van der Waals surface area (Å²) >= 11 is -0.126. The van der Waals surface area contributed by atoms with Gasteiger partial charge in [0.15, 0.2) is 0 Å². The first-order valence-corrected chi connectivity index (χ1v) is 12.4. The average Bonchev–Trinajstić information content (AvgIpc) is 3.62. The Bertz CT molecular complexity index is 1300. The molecule has 1 aliphatic carbocycles. The highest BCUT2D eigenvalue weighted by Gasteiger charge is 2.41. The summed E-state index contributed by atoms with van der Waals surface area (Å²) in [5.74, 6) is -0.280. The summed E-state index contributed by atoms with van der Waals surface area (Å²) in [5, 5.41) is 9.11. The number of hydrogen-bond donors (Lipinski definition) is 1. The number of amidine groups is 1. The number of aromatic nitrogens is 2. The molecule has 36 heavy (non-hydrogen) atoms. The van der Waals surface area contributed by atoms with Gasteiger partial charge < -0.3 is 5.32 Å². The Labute approximate surface area is 209 Å². The number of anilines is 1. The van der Waals surface area contributed by atoms with Crippen molar-refractivity contribution in [2.75, 3.05) is 18.1 Å². The van der Waals surface area contributed by atoms with Gasteiger partial charge in [0.25, 0.3) is 5.91 Å². The number of hydrazone groups is 1. The van der Waals surface area contributed by atoms with Crippen LogP contribution in [0.15, 0.2) is 47.7 Å². The third-order valence-corrected chi connectivity index (χ3v) is 6.84. The monoisotopic (exact) mass is 520 g/mol. The van der Waals surface area contributed by atoms with Crippen LogP contribution in [-0.4, -0.2) is 44.0 Å². The fraction of sp³-hybridized carbons (Fsp3) is 0.375. The molecular weight excluding hydrogens is 496 g/mol. The van der Waals surface area contributed by atoms with E-state index in [4.69, 9.17) is 0 Å². The number of aryl methyl sites for hydroxylation is 1. The molecule has 2 aliphatic rings. The molecule has 3 heterocycles. The Morgan fingerprint density at radius 2 is 1.89 bits per heavy atom. The van der Waals surface area contributed by atoms with Crippen LogP contribution >= 0.6 is 11.9 Å². The molecule has 1 saturated carbocycles. The SMILES string of the molecule is CCc1nc2ccc(F)cn2c1C(=O)NCc1ccc(N2CCN(SC(F)(F)F)C(C3CC3)=N2)cc1. The molecule has 0 unspecified atom stereocenters. The summed E-state index contributed by atoms with van der Waals surface area (Å²) in [4.78, 5) is 17.3. The van der Waals surface area contributed by atoms with Crippen LogP contribution in [0.2, 0.25) is 0 Å². The number of carbonyl (C=O) groups excluding carboxylic acids is 1. The van der Waals surface area contributed by atoms with Gasteiger partial charge in [-0.15, -0.1) is 0 Å². The molecule has 5 rings (SSSR count). The van der Waals surface area contributed by atoms with E-state index in [-0.39, 0.29) is 36.9 Å². The van der Waals surface area contributed by atoms with Crippen molar-refractivity contribution in [3.05, 3.63) is 65.4 Å². The predicted molar refractivity (Wildman–Crippen MR) is 130 cm³/mol. The van der Waals surface area contributed by atoms with E-state index in [1.165, 1.54) is 27.0 Å². The minimum absolute atomic E-state index is 0.0678. The van der Waals surface area contributed by atoms with E-state index in [9.17, 15) is 22.4 Å². The maximum Gasteiger partial charge on any atom is 0.461 e. The van der Waals surface area contributed by atoms with Crippen LogP contribution < -0.4 is 10.3 Å². The highest BCUT2D eigenvalue weighted by Crippen LogP contribution is 2.41. The number of nitrogens with one attached hydrogen (secondary N) is 1. The summed E-state index contributed by atoms with van der Waals surface area (Å²) in [6.45, 7) is 2.68. The van der Waals surface area contributed by atoms with Crippen molar-refractivity contribution in [2.45, 2.75) is 38.2 Å². The third-order valence-electron chi connectivity index (χ3n) is 6.04. The molecule has 1 N–H and O–H groups in total. The smallest absolute Gasteiger partial charge is 0.347 e. The van der Waals surface area contributed by atoms with Crippen molar-refractivity contribution in [3.8, 4) is 0 Å². The van der Waals surface area contributed by atoms with E-state index in [0.29, 0.717) is 35.8 Å². The van der Waals surface area contributed by atoms with Gasteiger partial charge in [0, 0.05) is 18.7 Å². The lowest BCUT2D eigenvalue weighted by Crippen LogP contribution is -2.42. The van der Waals surface area contributed by atoms with Gasteiger partial charge in [-0.1, -0.05) is 19.1 Å². The topological polar surface area (TPSA) is 65.2 Å². The van der Waals surface area contributed by atoms with Crippen molar-refractivity contribution in [1.82, 2.24) is 19.0 Å².